The Morgan fingerprint density at radius 1 is 1.21 bits per heavy atom. The van der Waals surface area contributed by atoms with Gasteiger partial charge in [-0.1, -0.05) is 18.2 Å². The number of aromatic nitrogens is 1. The third kappa shape index (κ3) is 5.08. The second-order valence-corrected chi connectivity index (χ2v) is 9.86. The van der Waals surface area contributed by atoms with E-state index in [2.05, 4.69) is 5.32 Å². The van der Waals surface area contributed by atoms with Crippen molar-refractivity contribution in [1.29, 1.82) is 0 Å². The molecule has 176 valence electrons. The SMILES string of the molecule is Cc1c(-c2cccc(S(=O)(=O)N(C)C)c2)c2cc(CO)ccc2n1CC(F)=CCNC(=O)O. The number of halogens is 1. The summed E-state index contributed by atoms with van der Waals surface area (Å²) in [4.78, 5) is 10.7. The third-order valence-electron chi connectivity index (χ3n) is 5.36. The Labute approximate surface area is 191 Å². The van der Waals surface area contributed by atoms with Crippen LogP contribution in [0.1, 0.15) is 11.3 Å². The number of amides is 1. The summed E-state index contributed by atoms with van der Waals surface area (Å²) in [5, 5.41) is 21.1. The van der Waals surface area contributed by atoms with E-state index in [0.29, 0.717) is 22.3 Å². The Bertz CT molecular complexity index is 1330. The second kappa shape index (κ2) is 9.74. The summed E-state index contributed by atoms with van der Waals surface area (Å²) in [5.41, 5.74) is 3.45. The number of sulfonamides is 1. The van der Waals surface area contributed by atoms with Gasteiger partial charge in [-0.25, -0.2) is 21.9 Å². The van der Waals surface area contributed by atoms with Crippen molar-refractivity contribution in [3.63, 3.8) is 0 Å². The minimum absolute atomic E-state index is 0.127. The fourth-order valence-electron chi connectivity index (χ4n) is 3.68. The average Bonchev–Trinajstić information content (AvgIpc) is 3.03. The lowest BCUT2D eigenvalue weighted by molar-refractivity contribution is 0.195. The highest BCUT2D eigenvalue weighted by atomic mass is 32.2. The van der Waals surface area contributed by atoms with Gasteiger partial charge in [0.2, 0.25) is 10.0 Å². The number of fused-ring (bicyclic) bond motifs is 1. The molecule has 1 aromatic heterocycles. The summed E-state index contributed by atoms with van der Waals surface area (Å²) in [7, 11) is -0.735. The van der Waals surface area contributed by atoms with E-state index in [1.54, 1.807) is 41.0 Å². The lowest BCUT2D eigenvalue weighted by Gasteiger charge is -2.13. The quantitative estimate of drug-likeness (QED) is 0.462. The molecule has 0 saturated carbocycles. The number of allylic oxidation sites excluding steroid dienone is 1. The summed E-state index contributed by atoms with van der Waals surface area (Å²) < 4.78 is 42.8. The summed E-state index contributed by atoms with van der Waals surface area (Å²) in [6.45, 7) is 1.34. The van der Waals surface area contributed by atoms with Crippen LogP contribution in [0.25, 0.3) is 22.0 Å². The molecule has 33 heavy (non-hydrogen) atoms. The lowest BCUT2D eigenvalue weighted by atomic mass is 10.0. The zero-order valence-electron chi connectivity index (χ0n) is 18.5. The van der Waals surface area contributed by atoms with E-state index in [1.807, 2.05) is 6.92 Å². The average molecular weight is 476 g/mol. The van der Waals surface area contributed by atoms with Crippen LogP contribution in [0.3, 0.4) is 0 Å². The van der Waals surface area contributed by atoms with E-state index in [-0.39, 0.29) is 24.6 Å². The molecule has 0 aliphatic heterocycles. The molecule has 0 atom stereocenters. The summed E-state index contributed by atoms with van der Waals surface area (Å²) >= 11 is 0. The Kier molecular flexibility index (Phi) is 7.21. The number of hydrogen-bond acceptors (Lipinski definition) is 4. The monoisotopic (exact) mass is 475 g/mol. The first-order chi connectivity index (χ1) is 15.6. The number of benzene rings is 2. The Balaban J connectivity index is 2.17. The molecule has 0 bridgehead atoms. The molecule has 3 N–H and O–H groups in total. The van der Waals surface area contributed by atoms with Crippen molar-refractivity contribution < 1.29 is 27.8 Å². The zero-order valence-corrected chi connectivity index (χ0v) is 19.4. The largest absolute Gasteiger partial charge is 0.465 e. The highest BCUT2D eigenvalue weighted by Crippen LogP contribution is 2.37. The fourth-order valence-corrected chi connectivity index (χ4v) is 4.63. The van der Waals surface area contributed by atoms with Crippen molar-refractivity contribution in [2.75, 3.05) is 20.6 Å². The maximum atomic E-state index is 14.6. The number of hydrogen-bond donors (Lipinski definition) is 3. The maximum absolute atomic E-state index is 14.6. The first kappa shape index (κ1) is 24.4. The predicted octanol–water partition coefficient (Wildman–Crippen LogP) is 3.48. The fraction of sp³-hybridized carbons (Fsp3) is 0.261. The molecule has 0 fully saturated rings. The third-order valence-corrected chi connectivity index (χ3v) is 7.17. The first-order valence-corrected chi connectivity index (χ1v) is 11.6. The summed E-state index contributed by atoms with van der Waals surface area (Å²) in [6.07, 6.45) is -0.0844. The molecule has 0 aliphatic carbocycles. The Hall–Kier alpha value is -3.21. The van der Waals surface area contributed by atoms with Crippen LogP contribution in [0, 0.1) is 6.92 Å². The smallest absolute Gasteiger partial charge is 0.404 e. The van der Waals surface area contributed by atoms with Gasteiger partial charge >= 0.3 is 6.09 Å². The molecule has 0 radical (unpaired) electrons. The molecule has 1 amide bonds. The van der Waals surface area contributed by atoms with Crippen molar-refractivity contribution >= 4 is 27.0 Å². The normalized spacial score (nSPS) is 12.5. The Morgan fingerprint density at radius 2 is 1.94 bits per heavy atom. The first-order valence-electron chi connectivity index (χ1n) is 10.1. The number of aliphatic hydroxyl groups excluding tert-OH is 1. The van der Waals surface area contributed by atoms with Crippen molar-refractivity contribution in [2.24, 2.45) is 0 Å². The molecule has 2 aromatic carbocycles. The lowest BCUT2D eigenvalue weighted by Crippen LogP contribution is -2.22. The minimum atomic E-state index is -3.65. The van der Waals surface area contributed by atoms with Crippen LogP contribution in [0.15, 0.2) is 59.3 Å². The van der Waals surface area contributed by atoms with Gasteiger partial charge < -0.3 is 20.1 Å². The number of carboxylic acid groups (broad SMARTS) is 1. The number of nitrogens with one attached hydrogen (secondary N) is 1. The van der Waals surface area contributed by atoms with Gasteiger partial charge in [0.15, 0.2) is 0 Å². The van der Waals surface area contributed by atoms with Crippen molar-refractivity contribution in [1.82, 2.24) is 14.2 Å². The molecule has 3 aromatic rings. The summed E-state index contributed by atoms with van der Waals surface area (Å²) in [5.74, 6) is -0.523. The van der Waals surface area contributed by atoms with E-state index in [1.165, 1.54) is 20.2 Å². The van der Waals surface area contributed by atoms with Crippen LogP contribution in [-0.4, -0.2) is 54.2 Å². The van der Waals surface area contributed by atoms with E-state index >= 15 is 0 Å². The van der Waals surface area contributed by atoms with Gasteiger partial charge in [0.1, 0.15) is 5.83 Å². The molecular formula is C23H26FN3O5S. The van der Waals surface area contributed by atoms with Gasteiger partial charge in [0.05, 0.1) is 18.0 Å². The topological polar surface area (TPSA) is 112 Å². The molecule has 0 aliphatic rings. The van der Waals surface area contributed by atoms with Gasteiger partial charge in [0.25, 0.3) is 0 Å². The molecular weight excluding hydrogens is 449 g/mol. The van der Waals surface area contributed by atoms with Gasteiger partial charge in [-0.15, -0.1) is 0 Å². The molecule has 10 heteroatoms. The van der Waals surface area contributed by atoms with Crippen LogP contribution < -0.4 is 5.32 Å². The molecule has 0 spiro atoms. The van der Waals surface area contributed by atoms with Gasteiger partial charge in [-0.2, -0.15) is 0 Å². The van der Waals surface area contributed by atoms with Gasteiger partial charge in [-0.05, 0) is 48.4 Å². The van der Waals surface area contributed by atoms with Gasteiger partial charge in [-0.3, -0.25) is 0 Å². The van der Waals surface area contributed by atoms with Gasteiger partial charge in [0, 0.05) is 42.8 Å². The van der Waals surface area contributed by atoms with Crippen molar-refractivity contribution in [2.45, 2.75) is 25.0 Å². The maximum Gasteiger partial charge on any atom is 0.404 e. The zero-order chi connectivity index (χ0) is 24.3. The number of rotatable bonds is 8. The van der Waals surface area contributed by atoms with E-state index in [4.69, 9.17) is 5.11 Å². The van der Waals surface area contributed by atoms with E-state index in [9.17, 15) is 22.7 Å². The van der Waals surface area contributed by atoms with Crippen molar-refractivity contribution in [3.8, 4) is 11.1 Å². The molecule has 3 rings (SSSR count). The van der Waals surface area contributed by atoms with Crippen LogP contribution in [0.5, 0.6) is 0 Å². The highest BCUT2D eigenvalue weighted by molar-refractivity contribution is 7.89. The summed E-state index contributed by atoms with van der Waals surface area (Å²) in [6, 6.07) is 11.9. The molecule has 0 saturated heterocycles. The molecule has 1 heterocycles. The number of carbonyl (C=O) groups is 1. The van der Waals surface area contributed by atoms with E-state index in [0.717, 1.165) is 21.3 Å². The number of aliphatic hydroxyl groups is 1. The molecule has 8 nitrogen and oxygen atoms in total. The Morgan fingerprint density at radius 3 is 2.58 bits per heavy atom. The number of nitrogens with zero attached hydrogens (tertiary/aromatic N) is 2. The second-order valence-electron chi connectivity index (χ2n) is 7.71. The standard InChI is InChI=1S/C23H26FN3O5S/c1-15-22(17-5-4-6-19(12-17)33(31,32)26(2)3)20-11-16(14-28)7-8-21(20)27(15)13-18(24)9-10-25-23(29)30/h4-9,11-12,25,28H,10,13-14H2,1-3H3,(H,29,30). The minimum Gasteiger partial charge on any atom is -0.465 e. The highest BCUT2D eigenvalue weighted by Gasteiger charge is 2.21. The van der Waals surface area contributed by atoms with E-state index < -0.39 is 21.9 Å². The molecule has 0 unspecified atom stereocenters. The van der Waals surface area contributed by atoms with Crippen LogP contribution in [0.4, 0.5) is 9.18 Å². The van der Waals surface area contributed by atoms with Crippen LogP contribution in [-0.2, 0) is 23.2 Å². The van der Waals surface area contributed by atoms with Crippen LogP contribution in [0.2, 0.25) is 0 Å². The van der Waals surface area contributed by atoms with Crippen molar-refractivity contribution in [3.05, 3.63) is 65.6 Å². The predicted molar refractivity (Wildman–Crippen MR) is 124 cm³/mol. The van der Waals surface area contributed by atoms with Crippen LogP contribution >= 0.6 is 0 Å².